The van der Waals surface area contributed by atoms with Crippen LogP contribution in [0.15, 0.2) is 24.3 Å². The SMILES string of the molecule is CC1CC(NCCC2CNc3ccccc32)C1. The fourth-order valence-corrected chi connectivity index (χ4v) is 3.15. The van der Waals surface area contributed by atoms with Crippen molar-refractivity contribution in [1.29, 1.82) is 0 Å². The number of rotatable bonds is 4. The maximum absolute atomic E-state index is 3.68. The minimum absolute atomic E-state index is 0.705. The van der Waals surface area contributed by atoms with Crippen LogP contribution in [0.1, 0.15) is 37.7 Å². The zero-order valence-corrected chi connectivity index (χ0v) is 10.6. The fourth-order valence-electron chi connectivity index (χ4n) is 3.15. The van der Waals surface area contributed by atoms with E-state index in [0.29, 0.717) is 5.92 Å². The molecule has 0 spiro atoms. The first-order chi connectivity index (χ1) is 8.33. The number of nitrogens with one attached hydrogen (secondary N) is 2. The molecule has 2 N–H and O–H groups in total. The summed E-state index contributed by atoms with van der Waals surface area (Å²) in [5, 5.41) is 7.17. The molecule has 1 fully saturated rings. The lowest BCUT2D eigenvalue weighted by molar-refractivity contribution is 0.240. The van der Waals surface area contributed by atoms with Crippen molar-refractivity contribution >= 4 is 5.69 Å². The highest BCUT2D eigenvalue weighted by atomic mass is 14.9. The Morgan fingerprint density at radius 1 is 1.29 bits per heavy atom. The molecule has 1 saturated carbocycles. The predicted molar refractivity (Wildman–Crippen MR) is 72.5 cm³/mol. The third-order valence-corrected chi connectivity index (χ3v) is 4.24. The third kappa shape index (κ3) is 2.32. The minimum atomic E-state index is 0.705. The molecule has 1 aliphatic heterocycles. The number of hydrogen-bond donors (Lipinski definition) is 2. The van der Waals surface area contributed by atoms with Gasteiger partial charge in [0, 0.05) is 24.2 Å². The highest BCUT2D eigenvalue weighted by Gasteiger charge is 2.25. The Morgan fingerprint density at radius 3 is 2.94 bits per heavy atom. The van der Waals surface area contributed by atoms with Crippen molar-refractivity contribution in [3.63, 3.8) is 0 Å². The smallest absolute Gasteiger partial charge is 0.0376 e. The topological polar surface area (TPSA) is 24.1 Å². The van der Waals surface area contributed by atoms with Gasteiger partial charge in [0.05, 0.1) is 0 Å². The molecule has 17 heavy (non-hydrogen) atoms. The summed E-state index contributed by atoms with van der Waals surface area (Å²) in [6.45, 7) is 4.62. The van der Waals surface area contributed by atoms with Gasteiger partial charge in [-0.1, -0.05) is 25.1 Å². The molecule has 1 unspecified atom stereocenters. The molecule has 2 aliphatic rings. The minimum Gasteiger partial charge on any atom is -0.384 e. The molecule has 0 amide bonds. The highest BCUT2D eigenvalue weighted by molar-refractivity contribution is 5.57. The summed E-state index contributed by atoms with van der Waals surface area (Å²) < 4.78 is 0. The van der Waals surface area contributed by atoms with E-state index in [-0.39, 0.29) is 0 Å². The summed E-state index contributed by atoms with van der Waals surface area (Å²) in [4.78, 5) is 0. The standard InChI is InChI=1S/C15H22N2/c1-11-8-13(9-11)16-7-6-12-10-17-15-5-3-2-4-14(12)15/h2-5,11-13,16-17H,6-10H2,1H3. The zero-order chi connectivity index (χ0) is 11.7. The summed E-state index contributed by atoms with van der Waals surface area (Å²) in [6.07, 6.45) is 4.01. The molecule has 1 atom stereocenters. The Kier molecular flexibility index (Phi) is 3.06. The number of fused-ring (bicyclic) bond motifs is 1. The van der Waals surface area contributed by atoms with E-state index in [1.54, 1.807) is 0 Å². The average Bonchev–Trinajstić information content (AvgIpc) is 2.70. The van der Waals surface area contributed by atoms with Gasteiger partial charge in [-0.3, -0.25) is 0 Å². The van der Waals surface area contributed by atoms with E-state index >= 15 is 0 Å². The zero-order valence-electron chi connectivity index (χ0n) is 10.6. The van der Waals surface area contributed by atoms with Gasteiger partial charge in [0.25, 0.3) is 0 Å². The maximum atomic E-state index is 3.68. The van der Waals surface area contributed by atoms with Crippen molar-refractivity contribution in [3.05, 3.63) is 29.8 Å². The number of anilines is 1. The molecule has 1 aliphatic carbocycles. The van der Waals surface area contributed by atoms with E-state index in [4.69, 9.17) is 0 Å². The van der Waals surface area contributed by atoms with Gasteiger partial charge in [0.2, 0.25) is 0 Å². The molecular formula is C15H22N2. The van der Waals surface area contributed by atoms with Gasteiger partial charge in [0.1, 0.15) is 0 Å². The second-order valence-corrected chi connectivity index (χ2v) is 5.68. The van der Waals surface area contributed by atoms with Gasteiger partial charge >= 0.3 is 0 Å². The van der Waals surface area contributed by atoms with Crippen LogP contribution in [0, 0.1) is 5.92 Å². The second kappa shape index (κ2) is 4.69. The first kappa shape index (κ1) is 11.1. The van der Waals surface area contributed by atoms with E-state index in [9.17, 15) is 0 Å². The molecule has 1 heterocycles. The van der Waals surface area contributed by atoms with Gasteiger partial charge in [-0.05, 0) is 43.4 Å². The van der Waals surface area contributed by atoms with Crippen LogP contribution < -0.4 is 10.6 Å². The average molecular weight is 230 g/mol. The van der Waals surface area contributed by atoms with Crippen LogP contribution >= 0.6 is 0 Å². The van der Waals surface area contributed by atoms with Crippen LogP contribution in [-0.2, 0) is 0 Å². The van der Waals surface area contributed by atoms with E-state index in [1.807, 2.05) is 0 Å². The van der Waals surface area contributed by atoms with Crippen LogP contribution in [0.5, 0.6) is 0 Å². The summed E-state index contributed by atoms with van der Waals surface area (Å²) in [5.74, 6) is 1.65. The molecule has 92 valence electrons. The van der Waals surface area contributed by atoms with Crippen LogP contribution in [-0.4, -0.2) is 19.1 Å². The monoisotopic (exact) mass is 230 g/mol. The van der Waals surface area contributed by atoms with Crippen LogP contribution in [0.25, 0.3) is 0 Å². The lowest BCUT2D eigenvalue weighted by atomic mass is 9.82. The van der Waals surface area contributed by atoms with E-state index in [0.717, 1.165) is 25.0 Å². The summed E-state index contributed by atoms with van der Waals surface area (Å²) >= 11 is 0. The van der Waals surface area contributed by atoms with Crippen molar-refractivity contribution in [2.24, 2.45) is 5.92 Å². The first-order valence-electron chi connectivity index (χ1n) is 6.89. The van der Waals surface area contributed by atoms with Crippen molar-refractivity contribution in [3.8, 4) is 0 Å². The first-order valence-corrected chi connectivity index (χ1v) is 6.89. The molecule has 2 heteroatoms. The van der Waals surface area contributed by atoms with Crippen molar-refractivity contribution in [2.75, 3.05) is 18.4 Å². The maximum Gasteiger partial charge on any atom is 0.0376 e. The van der Waals surface area contributed by atoms with Gasteiger partial charge in [-0.15, -0.1) is 0 Å². The molecule has 2 nitrogen and oxygen atoms in total. The molecule has 0 radical (unpaired) electrons. The molecular weight excluding hydrogens is 208 g/mol. The normalized spacial score (nSPS) is 30.5. The van der Waals surface area contributed by atoms with E-state index in [1.165, 1.54) is 30.5 Å². The Balaban J connectivity index is 1.47. The molecule has 0 bridgehead atoms. The number of para-hydroxylation sites is 1. The quantitative estimate of drug-likeness (QED) is 0.831. The molecule has 3 rings (SSSR count). The highest BCUT2D eigenvalue weighted by Crippen LogP contribution is 2.33. The van der Waals surface area contributed by atoms with Crippen LogP contribution in [0.2, 0.25) is 0 Å². The van der Waals surface area contributed by atoms with Gasteiger partial charge in [-0.25, -0.2) is 0 Å². The largest absolute Gasteiger partial charge is 0.384 e. The van der Waals surface area contributed by atoms with Gasteiger partial charge in [0.15, 0.2) is 0 Å². The molecule has 1 aromatic rings. The Bertz CT molecular complexity index is 382. The third-order valence-electron chi connectivity index (χ3n) is 4.24. The molecule has 1 aromatic carbocycles. The predicted octanol–water partition coefficient (Wildman–Crippen LogP) is 2.97. The van der Waals surface area contributed by atoms with Gasteiger partial charge in [-0.2, -0.15) is 0 Å². The van der Waals surface area contributed by atoms with Crippen LogP contribution in [0.3, 0.4) is 0 Å². The fraction of sp³-hybridized carbons (Fsp3) is 0.600. The second-order valence-electron chi connectivity index (χ2n) is 5.68. The number of benzene rings is 1. The van der Waals surface area contributed by atoms with Crippen molar-refractivity contribution < 1.29 is 0 Å². The van der Waals surface area contributed by atoms with E-state index in [2.05, 4.69) is 41.8 Å². The Labute approximate surface area is 104 Å². The summed E-state index contributed by atoms with van der Waals surface area (Å²) in [6, 6.07) is 9.53. The Morgan fingerprint density at radius 2 is 2.12 bits per heavy atom. The lowest BCUT2D eigenvalue weighted by Crippen LogP contribution is -2.40. The van der Waals surface area contributed by atoms with Gasteiger partial charge < -0.3 is 10.6 Å². The van der Waals surface area contributed by atoms with E-state index < -0.39 is 0 Å². The molecule has 0 saturated heterocycles. The molecule has 0 aromatic heterocycles. The van der Waals surface area contributed by atoms with Crippen molar-refractivity contribution in [2.45, 2.75) is 38.1 Å². The summed E-state index contributed by atoms with van der Waals surface area (Å²) in [7, 11) is 0. The lowest BCUT2D eigenvalue weighted by Gasteiger charge is -2.33. The Hall–Kier alpha value is -1.02. The van der Waals surface area contributed by atoms with Crippen LogP contribution in [0.4, 0.5) is 5.69 Å². The summed E-state index contributed by atoms with van der Waals surface area (Å²) in [5.41, 5.74) is 2.85. The van der Waals surface area contributed by atoms with Crippen molar-refractivity contribution in [1.82, 2.24) is 5.32 Å². The number of hydrogen-bond acceptors (Lipinski definition) is 2.